The predicted molar refractivity (Wildman–Crippen MR) is 193 cm³/mol. The first-order chi connectivity index (χ1) is 19.5. The smallest absolute Gasteiger partial charge is 0.127 e. The summed E-state index contributed by atoms with van der Waals surface area (Å²) in [5.74, 6) is 8.05. The van der Waals surface area contributed by atoms with Crippen LogP contribution in [0.15, 0.2) is 71.1 Å². The van der Waals surface area contributed by atoms with Gasteiger partial charge >= 0.3 is 0 Å². The molecule has 2 aromatic carbocycles. The lowest BCUT2D eigenvalue weighted by Gasteiger charge is -2.31. The van der Waals surface area contributed by atoms with Gasteiger partial charge in [-0.05, 0) is 34.4 Å². The average Bonchev–Trinajstić information content (AvgIpc) is 3.20. The first kappa shape index (κ1) is 33.2. The van der Waals surface area contributed by atoms with Crippen LogP contribution in [0, 0.1) is 22.9 Å². The molecule has 0 nitrogen and oxygen atoms in total. The Morgan fingerprint density at radius 2 is 0.878 bits per heavy atom. The van der Waals surface area contributed by atoms with E-state index in [1.165, 1.54) is 96.1 Å². The van der Waals surface area contributed by atoms with Crippen LogP contribution in [0.4, 0.5) is 0 Å². The van der Waals surface area contributed by atoms with Crippen LogP contribution in [0.5, 0.6) is 0 Å². The van der Waals surface area contributed by atoms with E-state index in [0.29, 0.717) is 0 Å². The van der Waals surface area contributed by atoms with Gasteiger partial charge in [-0.15, -0.1) is 11.1 Å². The first-order valence-electron chi connectivity index (χ1n) is 16.2. The first-order valence-corrected chi connectivity index (χ1v) is 25.6. The molecule has 1 aliphatic rings. The highest BCUT2D eigenvalue weighted by Crippen LogP contribution is 2.52. The zero-order chi connectivity index (χ0) is 29.9. The number of benzene rings is 2. The molecule has 0 spiro atoms. The lowest BCUT2D eigenvalue weighted by atomic mass is 9.92. The van der Waals surface area contributed by atoms with E-state index < -0.39 is 24.2 Å². The average molecular weight is 595 g/mol. The summed E-state index contributed by atoms with van der Waals surface area (Å²) < 4.78 is 0. The minimum Gasteiger partial charge on any atom is -0.127 e. The summed E-state index contributed by atoms with van der Waals surface area (Å²) in [6, 6.07) is 24.9. The Morgan fingerprint density at radius 3 is 1.20 bits per heavy atom. The van der Waals surface area contributed by atoms with E-state index in [9.17, 15) is 0 Å². The highest BCUT2D eigenvalue weighted by atomic mass is 28.3. The molecule has 2 aromatic rings. The van der Waals surface area contributed by atoms with Crippen LogP contribution in [0.2, 0.25) is 51.4 Å². The van der Waals surface area contributed by atoms with E-state index in [2.05, 4.69) is 137 Å². The Balaban J connectivity index is 2.47. The summed E-state index contributed by atoms with van der Waals surface area (Å²) in [6.07, 6.45) is 10.4. The van der Waals surface area contributed by atoms with Crippen LogP contribution in [0.25, 0.3) is 11.1 Å². The molecule has 0 bridgehead atoms. The van der Waals surface area contributed by atoms with Gasteiger partial charge in [-0.3, -0.25) is 0 Å². The quantitative estimate of drug-likeness (QED) is 0.130. The van der Waals surface area contributed by atoms with Crippen LogP contribution < -0.4 is 0 Å². The van der Waals surface area contributed by atoms with E-state index >= 15 is 0 Å². The maximum Gasteiger partial charge on any atom is 0.141 e. The second-order valence-corrected chi connectivity index (χ2v) is 27.6. The Kier molecular flexibility index (Phi) is 12.3. The van der Waals surface area contributed by atoms with Gasteiger partial charge in [-0.1, -0.05) is 177 Å². The third-order valence-electron chi connectivity index (χ3n) is 7.87. The fourth-order valence-corrected chi connectivity index (χ4v) is 12.4. The number of unbranched alkanes of at least 4 members (excludes halogenated alkanes) is 6. The lowest BCUT2D eigenvalue weighted by Crippen LogP contribution is -2.38. The largest absolute Gasteiger partial charge is 0.141 e. The minimum absolute atomic E-state index is 1.27. The van der Waals surface area contributed by atoms with E-state index in [0.717, 1.165) is 0 Å². The summed E-state index contributed by atoms with van der Waals surface area (Å²) in [6.45, 7) is 19.0. The summed E-state index contributed by atoms with van der Waals surface area (Å²) in [7, 11) is -5.42. The molecule has 0 saturated carbocycles. The van der Waals surface area contributed by atoms with Gasteiger partial charge in [0.05, 0.1) is 0 Å². The van der Waals surface area contributed by atoms with Crippen LogP contribution in [-0.2, 0) is 0 Å². The van der Waals surface area contributed by atoms with Crippen molar-refractivity contribution in [2.75, 3.05) is 0 Å². The number of hydrogen-bond acceptors (Lipinski definition) is 0. The SMILES string of the molecule is CCCCCC[Si]1(CCCCCC)C(C#C[Si](C)(C)C)=C(c2ccccc2)C(c2ccccc2)=C1C#C[Si](C)(C)C. The van der Waals surface area contributed by atoms with Gasteiger partial charge in [0.2, 0.25) is 0 Å². The van der Waals surface area contributed by atoms with Gasteiger partial charge in [-0.2, -0.15) is 0 Å². The number of rotatable bonds is 12. The molecular formula is C38H54Si3. The zero-order valence-electron chi connectivity index (χ0n) is 27.3. The third kappa shape index (κ3) is 9.34. The minimum atomic E-state index is -2.23. The molecule has 0 aliphatic carbocycles. The van der Waals surface area contributed by atoms with Crippen molar-refractivity contribution in [1.82, 2.24) is 0 Å². The van der Waals surface area contributed by atoms with Crippen molar-refractivity contribution in [3.8, 4) is 22.9 Å². The van der Waals surface area contributed by atoms with E-state index in [-0.39, 0.29) is 0 Å². The molecule has 3 rings (SSSR count). The monoisotopic (exact) mass is 594 g/mol. The normalized spacial score (nSPS) is 14.9. The van der Waals surface area contributed by atoms with Crippen molar-refractivity contribution >= 4 is 35.4 Å². The van der Waals surface area contributed by atoms with Crippen LogP contribution >= 0.6 is 0 Å². The second-order valence-electron chi connectivity index (χ2n) is 13.9. The molecule has 0 radical (unpaired) electrons. The highest BCUT2D eigenvalue weighted by Gasteiger charge is 2.48. The van der Waals surface area contributed by atoms with Crippen LogP contribution in [0.3, 0.4) is 0 Å². The Labute approximate surface area is 256 Å². The Hall–Kier alpha value is -2.31. The van der Waals surface area contributed by atoms with Crippen LogP contribution in [0.1, 0.15) is 76.3 Å². The molecule has 3 heteroatoms. The standard InChI is InChI=1S/C38H54Si3/c1-9-11-13-21-29-41(30-22-14-12-10-2)35(27-31-39(3,4)5)37(33-23-17-15-18-24-33)38(34-25-19-16-20-26-34)36(41)28-32-40(6,7)8/h15-20,23-26H,9-14,21-22,29-30H2,1-8H3. The predicted octanol–water partition coefficient (Wildman–Crippen LogP) is 11.4. The molecule has 0 fully saturated rings. The fourth-order valence-electron chi connectivity index (χ4n) is 5.84. The van der Waals surface area contributed by atoms with Crippen molar-refractivity contribution in [3.05, 3.63) is 82.2 Å². The summed E-state index contributed by atoms with van der Waals surface area (Å²) in [5, 5.41) is 3.00. The van der Waals surface area contributed by atoms with E-state index in [1.54, 1.807) is 0 Å². The van der Waals surface area contributed by atoms with Crippen LogP contribution in [-0.4, -0.2) is 24.2 Å². The zero-order valence-corrected chi connectivity index (χ0v) is 30.3. The molecule has 0 saturated heterocycles. The number of allylic oxidation sites excluding steroid dienone is 4. The van der Waals surface area contributed by atoms with Gasteiger partial charge in [0, 0.05) is 10.4 Å². The lowest BCUT2D eigenvalue weighted by molar-refractivity contribution is 0.683. The van der Waals surface area contributed by atoms with Gasteiger partial charge in [0.15, 0.2) is 0 Å². The summed E-state index contributed by atoms with van der Waals surface area (Å²) in [4.78, 5) is 0. The molecule has 1 aliphatic heterocycles. The molecule has 1 heterocycles. The van der Waals surface area contributed by atoms with Crippen molar-refractivity contribution in [3.63, 3.8) is 0 Å². The van der Waals surface area contributed by atoms with Crippen molar-refractivity contribution in [2.24, 2.45) is 0 Å². The Bertz CT molecular complexity index is 1210. The Morgan fingerprint density at radius 1 is 0.512 bits per heavy atom. The van der Waals surface area contributed by atoms with Gasteiger partial charge in [-0.25, -0.2) is 0 Å². The maximum absolute atomic E-state index is 4.02. The second kappa shape index (κ2) is 15.2. The van der Waals surface area contributed by atoms with Crippen molar-refractivity contribution < 1.29 is 0 Å². The van der Waals surface area contributed by atoms with E-state index in [4.69, 9.17) is 0 Å². The maximum atomic E-state index is 4.02. The molecule has 0 aromatic heterocycles. The third-order valence-corrected chi connectivity index (χ3v) is 14.7. The molecular weight excluding hydrogens is 541 g/mol. The van der Waals surface area contributed by atoms with Gasteiger partial charge < -0.3 is 0 Å². The van der Waals surface area contributed by atoms with E-state index in [1.807, 2.05) is 0 Å². The molecule has 0 N–H and O–H groups in total. The van der Waals surface area contributed by atoms with Crippen molar-refractivity contribution in [2.45, 2.75) is 117 Å². The van der Waals surface area contributed by atoms with Gasteiger partial charge in [0.1, 0.15) is 24.2 Å². The molecule has 0 unspecified atom stereocenters. The molecule has 0 atom stereocenters. The van der Waals surface area contributed by atoms with Crippen molar-refractivity contribution in [1.29, 1.82) is 0 Å². The topological polar surface area (TPSA) is 0 Å². The molecule has 0 amide bonds. The molecule has 41 heavy (non-hydrogen) atoms. The van der Waals surface area contributed by atoms with Gasteiger partial charge in [0.25, 0.3) is 0 Å². The molecule has 218 valence electrons. The summed E-state index contributed by atoms with van der Waals surface area (Å²) in [5.41, 5.74) is 13.2. The highest BCUT2D eigenvalue weighted by molar-refractivity contribution is 6.98. The number of hydrogen-bond donors (Lipinski definition) is 0. The summed E-state index contributed by atoms with van der Waals surface area (Å²) >= 11 is 0. The fraction of sp³-hybridized carbons (Fsp3) is 0.474.